The smallest absolute Gasteiger partial charge is 0.391 e. The van der Waals surface area contributed by atoms with Gasteiger partial charge in [0.15, 0.2) is 0 Å². The topological polar surface area (TPSA) is 38.0 Å². The van der Waals surface area contributed by atoms with E-state index in [4.69, 9.17) is 17.3 Å². The van der Waals surface area contributed by atoms with Crippen LogP contribution in [0.4, 0.5) is 24.5 Å². The maximum Gasteiger partial charge on any atom is 0.391 e. The molecule has 1 atom stereocenters. The summed E-state index contributed by atoms with van der Waals surface area (Å²) >= 11 is 5.74. The summed E-state index contributed by atoms with van der Waals surface area (Å²) in [5.74, 6) is 0. The average Bonchev–Trinajstić information content (AvgIpc) is 2.09. The van der Waals surface area contributed by atoms with Gasteiger partial charge in [-0.3, -0.25) is 0 Å². The Morgan fingerprint density at radius 1 is 1.44 bits per heavy atom. The Morgan fingerprint density at radius 2 is 2.06 bits per heavy atom. The third kappa shape index (κ3) is 3.81. The van der Waals surface area contributed by atoms with Gasteiger partial charge in [-0.1, -0.05) is 17.7 Å². The molecule has 0 amide bonds. The van der Waals surface area contributed by atoms with E-state index < -0.39 is 18.6 Å². The molecule has 0 bridgehead atoms. The van der Waals surface area contributed by atoms with Gasteiger partial charge in [-0.05, 0) is 19.1 Å². The van der Waals surface area contributed by atoms with Crippen LogP contribution in [0.15, 0.2) is 18.2 Å². The molecule has 1 aromatic rings. The van der Waals surface area contributed by atoms with Crippen molar-refractivity contribution in [1.29, 1.82) is 0 Å². The Bertz CT molecular complexity index is 366. The molecule has 16 heavy (non-hydrogen) atoms. The van der Waals surface area contributed by atoms with Crippen molar-refractivity contribution in [2.45, 2.75) is 25.6 Å². The third-order valence-electron chi connectivity index (χ3n) is 1.99. The summed E-state index contributed by atoms with van der Waals surface area (Å²) in [6.07, 6.45) is -5.11. The number of para-hydroxylation sites is 1. The van der Waals surface area contributed by atoms with Crippen LogP contribution in [0.5, 0.6) is 0 Å². The lowest BCUT2D eigenvalue weighted by Gasteiger charge is -2.18. The number of benzene rings is 1. The fourth-order valence-electron chi connectivity index (χ4n) is 1.33. The molecule has 1 unspecified atom stereocenters. The van der Waals surface area contributed by atoms with Gasteiger partial charge in [0.05, 0.1) is 22.8 Å². The van der Waals surface area contributed by atoms with E-state index in [0.717, 1.165) is 0 Å². The summed E-state index contributed by atoms with van der Waals surface area (Å²) in [5.41, 5.74) is 6.30. The fraction of sp³-hybridized carbons (Fsp3) is 0.400. The Labute approximate surface area is 96.6 Å². The van der Waals surface area contributed by atoms with Gasteiger partial charge in [0, 0.05) is 6.04 Å². The van der Waals surface area contributed by atoms with Gasteiger partial charge in [-0.25, -0.2) is 0 Å². The van der Waals surface area contributed by atoms with Gasteiger partial charge in [0.1, 0.15) is 0 Å². The first-order valence-corrected chi connectivity index (χ1v) is 5.04. The molecule has 0 aliphatic carbocycles. The minimum atomic E-state index is -4.19. The first-order chi connectivity index (χ1) is 7.29. The number of nitrogen functional groups attached to an aromatic ring is 1. The molecule has 0 radical (unpaired) electrons. The summed E-state index contributed by atoms with van der Waals surface area (Å²) in [7, 11) is 0. The van der Waals surface area contributed by atoms with Crippen LogP contribution in [0.3, 0.4) is 0 Å². The molecule has 6 heteroatoms. The van der Waals surface area contributed by atoms with E-state index in [2.05, 4.69) is 5.32 Å². The molecule has 0 saturated carbocycles. The molecule has 3 N–H and O–H groups in total. The van der Waals surface area contributed by atoms with Crippen molar-refractivity contribution in [1.82, 2.24) is 0 Å². The predicted octanol–water partition coefficient (Wildman–Crippen LogP) is 3.68. The van der Waals surface area contributed by atoms with Crippen molar-refractivity contribution in [3.8, 4) is 0 Å². The number of nitrogens with two attached hydrogens (primary N) is 1. The first-order valence-electron chi connectivity index (χ1n) is 4.67. The van der Waals surface area contributed by atoms with Crippen LogP contribution in [0.2, 0.25) is 5.02 Å². The minimum Gasteiger partial charge on any atom is -0.396 e. The van der Waals surface area contributed by atoms with Crippen LogP contribution in [0, 0.1) is 0 Å². The second-order valence-corrected chi connectivity index (χ2v) is 3.97. The summed E-state index contributed by atoms with van der Waals surface area (Å²) in [6.45, 7) is 1.44. The number of rotatable bonds is 3. The third-order valence-corrected chi connectivity index (χ3v) is 2.32. The van der Waals surface area contributed by atoms with Crippen LogP contribution in [-0.4, -0.2) is 12.2 Å². The van der Waals surface area contributed by atoms with Crippen LogP contribution >= 0.6 is 11.6 Å². The van der Waals surface area contributed by atoms with Gasteiger partial charge >= 0.3 is 6.18 Å². The number of halogens is 4. The summed E-state index contributed by atoms with van der Waals surface area (Å²) in [4.78, 5) is 0. The van der Waals surface area contributed by atoms with Crippen molar-refractivity contribution in [3.05, 3.63) is 23.2 Å². The van der Waals surface area contributed by atoms with Gasteiger partial charge in [-0.15, -0.1) is 0 Å². The molecule has 2 nitrogen and oxygen atoms in total. The molecule has 0 aliphatic heterocycles. The van der Waals surface area contributed by atoms with Gasteiger partial charge in [0.25, 0.3) is 0 Å². The molecule has 0 saturated heterocycles. The number of alkyl halides is 3. The van der Waals surface area contributed by atoms with Crippen LogP contribution < -0.4 is 11.1 Å². The van der Waals surface area contributed by atoms with E-state index >= 15 is 0 Å². The highest BCUT2D eigenvalue weighted by molar-refractivity contribution is 6.33. The molecule has 0 aliphatic rings. The first kappa shape index (κ1) is 13.0. The SMILES string of the molecule is CC(CC(F)(F)F)Nc1cccc(Cl)c1N. The van der Waals surface area contributed by atoms with Crippen molar-refractivity contribution in [2.75, 3.05) is 11.1 Å². The highest BCUT2D eigenvalue weighted by atomic mass is 35.5. The molecule has 0 aromatic heterocycles. The van der Waals surface area contributed by atoms with Gasteiger partial charge in [0.2, 0.25) is 0 Å². The number of nitrogens with one attached hydrogen (secondary N) is 1. The second kappa shape index (κ2) is 4.82. The van der Waals surface area contributed by atoms with Crippen molar-refractivity contribution < 1.29 is 13.2 Å². The molecule has 0 spiro atoms. The summed E-state index contributed by atoms with van der Waals surface area (Å²) < 4.78 is 36.3. The molecule has 90 valence electrons. The van der Waals surface area contributed by atoms with E-state index in [1.165, 1.54) is 6.92 Å². The summed E-state index contributed by atoms with van der Waals surface area (Å²) in [6, 6.07) is 4.05. The zero-order chi connectivity index (χ0) is 12.3. The normalized spacial score (nSPS) is 13.6. The number of hydrogen-bond donors (Lipinski definition) is 2. The molecular formula is C10H12ClF3N2. The van der Waals surface area contributed by atoms with Crippen molar-refractivity contribution in [2.24, 2.45) is 0 Å². The molecular weight excluding hydrogens is 241 g/mol. The van der Waals surface area contributed by atoms with Crippen LogP contribution in [0.1, 0.15) is 13.3 Å². The van der Waals surface area contributed by atoms with E-state index in [1.54, 1.807) is 18.2 Å². The lowest BCUT2D eigenvalue weighted by Crippen LogP contribution is -2.24. The number of anilines is 2. The highest BCUT2D eigenvalue weighted by Crippen LogP contribution is 2.29. The quantitative estimate of drug-likeness (QED) is 0.806. The second-order valence-electron chi connectivity index (χ2n) is 3.57. The maximum atomic E-state index is 12.1. The number of hydrogen-bond acceptors (Lipinski definition) is 2. The highest BCUT2D eigenvalue weighted by Gasteiger charge is 2.30. The monoisotopic (exact) mass is 252 g/mol. The Hall–Kier alpha value is -1.10. The zero-order valence-corrected chi connectivity index (χ0v) is 9.36. The zero-order valence-electron chi connectivity index (χ0n) is 8.61. The van der Waals surface area contributed by atoms with E-state index in [1.807, 2.05) is 0 Å². The maximum absolute atomic E-state index is 12.1. The van der Waals surface area contributed by atoms with Gasteiger partial charge < -0.3 is 11.1 Å². The lowest BCUT2D eigenvalue weighted by molar-refractivity contribution is -0.136. The fourth-order valence-corrected chi connectivity index (χ4v) is 1.50. The van der Waals surface area contributed by atoms with Crippen LogP contribution in [0.25, 0.3) is 0 Å². The predicted molar refractivity (Wildman–Crippen MR) is 59.6 cm³/mol. The van der Waals surface area contributed by atoms with Crippen molar-refractivity contribution in [3.63, 3.8) is 0 Å². The van der Waals surface area contributed by atoms with Crippen molar-refractivity contribution >= 4 is 23.0 Å². The lowest BCUT2D eigenvalue weighted by atomic mass is 10.2. The standard InChI is InChI=1S/C10H12ClF3N2/c1-6(5-10(12,13)14)16-8-4-2-3-7(11)9(8)15/h2-4,6,16H,5,15H2,1H3. The van der Waals surface area contributed by atoms with Crippen LogP contribution in [-0.2, 0) is 0 Å². The van der Waals surface area contributed by atoms with E-state index in [-0.39, 0.29) is 5.69 Å². The Balaban J connectivity index is 2.70. The van der Waals surface area contributed by atoms with E-state index in [0.29, 0.717) is 10.7 Å². The average molecular weight is 253 g/mol. The molecule has 0 fully saturated rings. The Kier molecular flexibility index (Phi) is 3.91. The largest absolute Gasteiger partial charge is 0.396 e. The van der Waals surface area contributed by atoms with Gasteiger partial charge in [-0.2, -0.15) is 13.2 Å². The van der Waals surface area contributed by atoms with E-state index in [9.17, 15) is 13.2 Å². The molecule has 0 heterocycles. The summed E-state index contributed by atoms with van der Waals surface area (Å²) in [5, 5.41) is 3.00. The molecule has 1 rings (SSSR count). The molecule has 1 aromatic carbocycles. The minimum absolute atomic E-state index is 0.262. The Morgan fingerprint density at radius 3 is 2.62 bits per heavy atom.